The number of anilines is 1. The molecule has 0 atom stereocenters. The molecule has 0 unspecified atom stereocenters. The van der Waals surface area contributed by atoms with Gasteiger partial charge in [0.1, 0.15) is 0 Å². The van der Waals surface area contributed by atoms with Gasteiger partial charge in [-0.15, -0.1) is 0 Å². The van der Waals surface area contributed by atoms with Crippen molar-refractivity contribution in [2.24, 2.45) is 0 Å². The largest absolute Gasteiger partial charge is 0.311 e. The molecule has 2 rings (SSSR count). The molecule has 0 fully saturated rings. The van der Waals surface area contributed by atoms with E-state index < -0.39 is 15.6 Å². The third kappa shape index (κ3) is 3.67. The molecule has 5 nitrogen and oxygen atoms in total. The minimum absolute atomic E-state index is 0.128. The van der Waals surface area contributed by atoms with E-state index in [2.05, 4.69) is 0 Å². The Balaban J connectivity index is 2.26. The van der Waals surface area contributed by atoms with Crippen LogP contribution in [-0.4, -0.2) is 43.5 Å². The van der Waals surface area contributed by atoms with Gasteiger partial charge in [-0.05, 0) is 45.2 Å². The molecule has 1 heterocycles. The summed E-state index contributed by atoms with van der Waals surface area (Å²) in [5.41, 5.74) is 1.42. The van der Waals surface area contributed by atoms with Crippen LogP contribution >= 0.6 is 0 Å². The van der Waals surface area contributed by atoms with E-state index in [0.717, 1.165) is 30.3 Å². The normalized spacial score (nSPS) is 15.8. The van der Waals surface area contributed by atoms with Crippen LogP contribution in [0.2, 0.25) is 0 Å². The van der Waals surface area contributed by atoms with Crippen molar-refractivity contribution in [3.63, 3.8) is 0 Å². The number of benzene rings is 1. The molecule has 0 aliphatic carbocycles. The molecule has 0 radical (unpaired) electrons. The lowest BCUT2D eigenvalue weighted by Gasteiger charge is -2.36. The Kier molecular flexibility index (Phi) is 4.63. The number of nitrogens with zero attached hydrogens (tertiary/aromatic N) is 2. The van der Waals surface area contributed by atoms with E-state index in [4.69, 9.17) is 0 Å². The van der Waals surface area contributed by atoms with E-state index in [1.54, 1.807) is 25.7 Å². The Bertz CT molecular complexity index is 662. The summed E-state index contributed by atoms with van der Waals surface area (Å²) in [5.74, 6) is -0.174. The first-order valence-electron chi connectivity index (χ1n) is 7.47. The molecule has 0 saturated heterocycles. The maximum atomic E-state index is 12.7. The summed E-state index contributed by atoms with van der Waals surface area (Å²) in [6.07, 6.45) is 3.00. The number of para-hydroxylation sites is 1. The average molecular weight is 324 g/mol. The molecule has 1 aromatic rings. The highest BCUT2D eigenvalue weighted by atomic mass is 32.2. The predicted octanol–water partition coefficient (Wildman–Crippen LogP) is 2.03. The molecule has 22 heavy (non-hydrogen) atoms. The summed E-state index contributed by atoms with van der Waals surface area (Å²) in [4.78, 5) is 14.4. The Morgan fingerprint density at radius 1 is 1.27 bits per heavy atom. The number of aryl methyl sites for hydroxylation is 1. The van der Waals surface area contributed by atoms with Gasteiger partial charge in [-0.1, -0.05) is 18.2 Å². The van der Waals surface area contributed by atoms with Crippen molar-refractivity contribution in [2.75, 3.05) is 24.2 Å². The first kappa shape index (κ1) is 17.0. The zero-order chi connectivity index (χ0) is 16.5. The summed E-state index contributed by atoms with van der Waals surface area (Å²) in [6.45, 7) is 5.90. The monoisotopic (exact) mass is 324 g/mol. The second-order valence-electron chi connectivity index (χ2n) is 6.72. The van der Waals surface area contributed by atoms with Crippen LogP contribution in [0, 0.1) is 0 Å². The summed E-state index contributed by atoms with van der Waals surface area (Å²) >= 11 is 0. The van der Waals surface area contributed by atoms with Crippen LogP contribution in [0.4, 0.5) is 5.69 Å². The smallest absolute Gasteiger partial charge is 0.242 e. The van der Waals surface area contributed by atoms with Gasteiger partial charge in [-0.3, -0.25) is 4.79 Å². The van der Waals surface area contributed by atoms with Crippen molar-refractivity contribution in [3.8, 4) is 0 Å². The maximum Gasteiger partial charge on any atom is 0.242 e. The van der Waals surface area contributed by atoms with E-state index in [0.29, 0.717) is 6.54 Å². The molecule has 1 amide bonds. The highest BCUT2D eigenvalue weighted by molar-refractivity contribution is 7.88. The summed E-state index contributed by atoms with van der Waals surface area (Å²) in [7, 11) is -3.45. The van der Waals surface area contributed by atoms with Crippen LogP contribution in [0.15, 0.2) is 24.3 Å². The van der Waals surface area contributed by atoms with Crippen molar-refractivity contribution in [1.82, 2.24) is 4.31 Å². The Morgan fingerprint density at radius 2 is 1.91 bits per heavy atom. The molecule has 1 aliphatic heterocycles. The fourth-order valence-electron chi connectivity index (χ4n) is 2.85. The SMILES string of the molecule is CC(C)(C)N(CC(=O)N1CCCc2ccccc21)S(C)(=O)=O. The maximum absolute atomic E-state index is 12.7. The number of hydrogen-bond donors (Lipinski definition) is 0. The lowest BCUT2D eigenvalue weighted by atomic mass is 10.0. The molecule has 0 N–H and O–H groups in total. The summed E-state index contributed by atoms with van der Waals surface area (Å²) in [5, 5.41) is 0. The molecule has 0 spiro atoms. The fourth-order valence-corrected chi connectivity index (χ4v) is 4.19. The predicted molar refractivity (Wildman–Crippen MR) is 88.4 cm³/mol. The molecule has 0 aromatic heterocycles. The number of sulfonamides is 1. The van der Waals surface area contributed by atoms with E-state index in [1.165, 1.54) is 4.31 Å². The van der Waals surface area contributed by atoms with Crippen molar-refractivity contribution >= 4 is 21.6 Å². The third-order valence-electron chi connectivity index (χ3n) is 3.84. The van der Waals surface area contributed by atoms with E-state index in [9.17, 15) is 13.2 Å². The van der Waals surface area contributed by atoms with E-state index in [-0.39, 0.29) is 12.5 Å². The Hall–Kier alpha value is -1.40. The van der Waals surface area contributed by atoms with E-state index in [1.807, 2.05) is 24.3 Å². The minimum atomic E-state index is -3.45. The van der Waals surface area contributed by atoms with Crippen LogP contribution in [0.25, 0.3) is 0 Å². The molecule has 122 valence electrons. The van der Waals surface area contributed by atoms with Gasteiger partial charge in [0.15, 0.2) is 0 Å². The Morgan fingerprint density at radius 3 is 2.50 bits per heavy atom. The first-order valence-corrected chi connectivity index (χ1v) is 9.31. The van der Waals surface area contributed by atoms with Crippen molar-refractivity contribution in [3.05, 3.63) is 29.8 Å². The molecule has 6 heteroatoms. The van der Waals surface area contributed by atoms with Gasteiger partial charge in [0.25, 0.3) is 0 Å². The van der Waals surface area contributed by atoms with E-state index >= 15 is 0 Å². The number of fused-ring (bicyclic) bond motifs is 1. The zero-order valence-electron chi connectivity index (χ0n) is 13.7. The fraction of sp³-hybridized carbons (Fsp3) is 0.562. The lowest BCUT2D eigenvalue weighted by molar-refractivity contribution is -0.119. The lowest BCUT2D eigenvalue weighted by Crippen LogP contribution is -2.51. The van der Waals surface area contributed by atoms with Crippen LogP contribution in [0.5, 0.6) is 0 Å². The zero-order valence-corrected chi connectivity index (χ0v) is 14.5. The molecule has 0 saturated carbocycles. The average Bonchev–Trinajstić information content (AvgIpc) is 2.41. The highest BCUT2D eigenvalue weighted by Crippen LogP contribution is 2.27. The molecule has 1 aliphatic rings. The molecular formula is C16H24N2O3S. The standard InChI is InChI=1S/C16H24N2O3S/c1-16(2,3)18(22(4,20)21)12-15(19)17-11-7-9-13-8-5-6-10-14(13)17/h5-6,8,10H,7,9,11-12H2,1-4H3. The third-order valence-corrected chi connectivity index (χ3v) is 5.32. The highest BCUT2D eigenvalue weighted by Gasteiger charge is 2.33. The van der Waals surface area contributed by atoms with Gasteiger partial charge < -0.3 is 4.90 Å². The summed E-state index contributed by atoms with van der Waals surface area (Å²) in [6, 6.07) is 7.81. The number of rotatable bonds is 3. The number of carbonyl (C=O) groups is 1. The molecule has 1 aromatic carbocycles. The van der Waals surface area contributed by atoms with Crippen LogP contribution in [0.1, 0.15) is 32.8 Å². The van der Waals surface area contributed by atoms with Crippen LogP contribution < -0.4 is 4.90 Å². The van der Waals surface area contributed by atoms with Gasteiger partial charge in [0.2, 0.25) is 15.9 Å². The van der Waals surface area contributed by atoms with Crippen molar-refractivity contribution < 1.29 is 13.2 Å². The first-order chi connectivity index (χ1) is 10.1. The molecule has 0 bridgehead atoms. The van der Waals surface area contributed by atoms with Gasteiger partial charge in [0, 0.05) is 17.8 Å². The number of hydrogen-bond acceptors (Lipinski definition) is 3. The van der Waals surface area contributed by atoms with Gasteiger partial charge >= 0.3 is 0 Å². The minimum Gasteiger partial charge on any atom is -0.311 e. The van der Waals surface area contributed by atoms with Gasteiger partial charge in [-0.25, -0.2) is 8.42 Å². The Labute approximate surface area is 133 Å². The number of amides is 1. The number of carbonyl (C=O) groups excluding carboxylic acids is 1. The second kappa shape index (κ2) is 6.01. The summed E-state index contributed by atoms with van der Waals surface area (Å²) < 4.78 is 25.3. The van der Waals surface area contributed by atoms with Crippen LogP contribution in [-0.2, 0) is 21.2 Å². The van der Waals surface area contributed by atoms with Crippen molar-refractivity contribution in [2.45, 2.75) is 39.2 Å². The van der Waals surface area contributed by atoms with Crippen LogP contribution in [0.3, 0.4) is 0 Å². The quantitative estimate of drug-likeness (QED) is 0.855. The molecular weight excluding hydrogens is 300 g/mol. The van der Waals surface area contributed by atoms with Gasteiger partial charge in [-0.2, -0.15) is 4.31 Å². The second-order valence-corrected chi connectivity index (χ2v) is 8.62. The topological polar surface area (TPSA) is 57.7 Å². The van der Waals surface area contributed by atoms with Crippen molar-refractivity contribution in [1.29, 1.82) is 0 Å². The van der Waals surface area contributed by atoms with Gasteiger partial charge in [0.05, 0.1) is 12.8 Å².